The average molecular weight is 450 g/mol. The van der Waals surface area contributed by atoms with Gasteiger partial charge in [-0.15, -0.1) is 0 Å². The molecular formula is C25H37F2N3O2. The number of nitrogens with zero attached hydrogens (tertiary/aromatic N) is 3. The van der Waals surface area contributed by atoms with Gasteiger partial charge < -0.3 is 14.2 Å². The molecule has 0 N–H and O–H groups in total. The van der Waals surface area contributed by atoms with Crippen molar-refractivity contribution in [2.24, 2.45) is 0 Å². The molecule has 0 radical (unpaired) electrons. The molecule has 0 spiro atoms. The van der Waals surface area contributed by atoms with E-state index in [4.69, 9.17) is 4.74 Å². The maximum Gasteiger partial charge on any atom is 0.410 e. The lowest BCUT2D eigenvalue weighted by Gasteiger charge is -2.43. The number of amides is 1. The highest BCUT2D eigenvalue weighted by Gasteiger charge is 2.37. The number of ether oxygens (including phenoxy) is 1. The average Bonchev–Trinajstić information content (AvgIpc) is 3.20. The molecule has 1 saturated heterocycles. The number of halogens is 2. The van der Waals surface area contributed by atoms with Crippen molar-refractivity contribution in [2.75, 3.05) is 26.2 Å². The summed E-state index contributed by atoms with van der Waals surface area (Å²) < 4.78 is 36.7. The van der Waals surface area contributed by atoms with Gasteiger partial charge in [-0.1, -0.05) is 19.9 Å². The molecule has 0 unspecified atom stereocenters. The second kappa shape index (κ2) is 10.2. The van der Waals surface area contributed by atoms with Gasteiger partial charge in [-0.25, -0.2) is 13.6 Å². The van der Waals surface area contributed by atoms with Gasteiger partial charge in [-0.3, -0.25) is 4.90 Å². The highest BCUT2D eigenvalue weighted by atomic mass is 19.1. The quantitative estimate of drug-likeness (QED) is 0.582. The first-order valence-electron chi connectivity index (χ1n) is 11.8. The fourth-order valence-electron chi connectivity index (χ4n) is 4.77. The van der Waals surface area contributed by atoms with Crippen molar-refractivity contribution in [3.05, 3.63) is 36.3 Å². The highest BCUT2D eigenvalue weighted by Crippen LogP contribution is 2.36. The van der Waals surface area contributed by atoms with Crippen molar-refractivity contribution in [1.82, 2.24) is 14.4 Å². The van der Waals surface area contributed by atoms with Crippen LogP contribution in [-0.2, 0) is 4.74 Å². The molecule has 2 aromatic rings. The summed E-state index contributed by atoms with van der Waals surface area (Å²) in [6, 6.07) is 6.75. The molecule has 32 heavy (non-hydrogen) atoms. The van der Waals surface area contributed by atoms with Gasteiger partial charge in [-0.2, -0.15) is 0 Å². The Morgan fingerprint density at radius 3 is 2.38 bits per heavy atom. The lowest BCUT2D eigenvalue weighted by Crippen LogP contribution is -2.55. The van der Waals surface area contributed by atoms with Crippen LogP contribution in [0, 0.1) is 5.82 Å². The largest absolute Gasteiger partial charge is 0.444 e. The van der Waals surface area contributed by atoms with E-state index in [2.05, 4.69) is 4.90 Å². The zero-order valence-corrected chi connectivity index (χ0v) is 20.0. The Morgan fingerprint density at radius 2 is 1.75 bits per heavy atom. The van der Waals surface area contributed by atoms with Gasteiger partial charge in [0.1, 0.15) is 17.6 Å². The summed E-state index contributed by atoms with van der Waals surface area (Å²) in [6.07, 6.45) is 2.69. The minimum absolute atomic E-state index is 0.0404. The number of hydrogen-bond donors (Lipinski definition) is 0. The smallest absolute Gasteiger partial charge is 0.410 e. The lowest BCUT2D eigenvalue weighted by atomic mass is 9.88. The summed E-state index contributed by atoms with van der Waals surface area (Å²) >= 11 is 0. The Morgan fingerprint density at radius 1 is 1.06 bits per heavy atom. The van der Waals surface area contributed by atoms with Crippen LogP contribution in [-0.4, -0.2) is 64.5 Å². The van der Waals surface area contributed by atoms with Crippen LogP contribution in [0.15, 0.2) is 30.5 Å². The third kappa shape index (κ3) is 5.42. The number of carbonyl (C=O) groups is 1. The van der Waals surface area contributed by atoms with Crippen molar-refractivity contribution < 1.29 is 18.3 Å². The Hall–Kier alpha value is -2.15. The lowest BCUT2D eigenvalue weighted by molar-refractivity contribution is -0.00353. The van der Waals surface area contributed by atoms with E-state index >= 15 is 4.39 Å². The number of fused-ring (bicyclic) bond motifs is 1. The first-order valence-corrected chi connectivity index (χ1v) is 11.8. The van der Waals surface area contributed by atoms with Gasteiger partial charge in [0.25, 0.3) is 0 Å². The molecule has 1 saturated carbocycles. The van der Waals surface area contributed by atoms with Crippen molar-refractivity contribution in [3.8, 4) is 0 Å². The van der Waals surface area contributed by atoms with Crippen LogP contribution in [0.2, 0.25) is 0 Å². The van der Waals surface area contributed by atoms with E-state index in [1.807, 2.05) is 51.4 Å². The van der Waals surface area contributed by atoms with E-state index < -0.39 is 11.8 Å². The molecule has 2 aliphatic rings. The Balaban J connectivity index is 0.00000141. The van der Waals surface area contributed by atoms with Gasteiger partial charge in [-0.05, 0) is 51.8 Å². The van der Waals surface area contributed by atoms with Crippen molar-refractivity contribution >= 4 is 17.0 Å². The monoisotopic (exact) mass is 449 g/mol. The molecular weight excluding hydrogens is 412 g/mol. The van der Waals surface area contributed by atoms with E-state index in [1.54, 1.807) is 17.0 Å². The van der Waals surface area contributed by atoms with Gasteiger partial charge in [0.05, 0.1) is 5.52 Å². The topological polar surface area (TPSA) is 37.7 Å². The zero-order valence-electron chi connectivity index (χ0n) is 20.0. The van der Waals surface area contributed by atoms with E-state index in [9.17, 15) is 9.18 Å². The van der Waals surface area contributed by atoms with Gasteiger partial charge in [0.2, 0.25) is 0 Å². The van der Waals surface area contributed by atoms with E-state index in [0.29, 0.717) is 38.0 Å². The molecule has 1 amide bonds. The number of aromatic nitrogens is 1. The van der Waals surface area contributed by atoms with E-state index in [0.717, 1.165) is 18.4 Å². The molecule has 2 heterocycles. The normalized spacial score (nSPS) is 24.7. The number of benzene rings is 1. The molecule has 7 heteroatoms. The molecule has 3 atom stereocenters. The summed E-state index contributed by atoms with van der Waals surface area (Å²) in [4.78, 5) is 16.1. The number of piperazine rings is 1. The van der Waals surface area contributed by atoms with Crippen LogP contribution in [0.25, 0.3) is 10.9 Å². The predicted octanol–water partition coefficient (Wildman–Crippen LogP) is 5.79. The maximum absolute atomic E-state index is 15.2. The fourth-order valence-corrected chi connectivity index (χ4v) is 4.77. The minimum Gasteiger partial charge on any atom is -0.444 e. The summed E-state index contributed by atoms with van der Waals surface area (Å²) in [5.74, 6) is -0.236. The van der Waals surface area contributed by atoms with Crippen LogP contribution in [0.1, 0.15) is 59.9 Å². The number of carbonyl (C=O) groups excluding carboxylic acids is 1. The molecule has 0 bridgehead atoms. The van der Waals surface area contributed by atoms with Gasteiger partial charge >= 0.3 is 6.09 Å². The van der Waals surface area contributed by atoms with Crippen molar-refractivity contribution in [1.29, 1.82) is 0 Å². The van der Waals surface area contributed by atoms with Crippen LogP contribution in [0.3, 0.4) is 0 Å². The van der Waals surface area contributed by atoms with Crippen molar-refractivity contribution in [2.45, 2.75) is 77.7 Å². The fraction of sp³-hybridized carbons (Fsp3) is 0.640. The second-order valence-electron chi connectivity index (χ2n) is 9.45. The third-order valence-corrected chi connectivity index (χ3v) is 6.25. The summed E-state index contributed by atoms with van der Waals surface area (Å²) in [6.45, 7) is 12.0. The minimum atomic E-state index is -0.942. The standard InChI is InChI=1S/C23H31F2N3O2.C2H6/c1-23(2,3)30-22(29)27-13-11-26(12-14-27)21-8-7-16(15-19(21)25)28-10-9-17-18(24)5-4-6-20(17)28;1-2/h4-6,9-10,16,19,21H,7-8,11-15H2,1-3H3;1-2H3/t16-,19+,21+;/m1./s1. The SMILES string of the molecule is CC.CC(C)(C)OC(=O)N1CCN([C@H]2CC[C@@H](n3ccc4c(F)cccc43)C[C@@H]2F)CC1. The van der Waals surface area contributed by atoms with E-state index in [-0.39, 0.29) is 24.0 Å². The summed E-state index contributed by atoms with van der Waals surface area (Å²) in [5.41, 5.74) is 0.318. The Kier molecular flexibility index (Phi) is 7.80. The maximum atomic E-state index is 15.2. The molecule has 1 aromatic carbocycles. The summed E-state index contributed by atoms with van der Waals surface area (Å²) in [7, 11) is 0. The first kappa shape index (κ1) is 24.5. The van der Waals surface area contributed by atoms with Crippen LogP contribution < -0.4 is 0 Å². The first-order chi connectivity index (χ1) is 15.2. The molecule has 4 rings (SSSR count). The number of alkyl halides is 1. The predicted molar refractivity (Wildman–Crippen MR) is 124 cm³/mol. The molecule has 1 aliphatic carbocycles. The number of rotatable bonds is 2. The molecule has 5 nitrogen and oxygen atoms in total. The van der Waals surface area contributed by atoms with Crippen LogP contribution in [0.4, 0.5) is 13.6 Å². The highest BCUT2D eigenvalue weighted by molar-refractivity contribution is 5.80. The Bertz CT molecular complexity index is 900. The van der Waals surface area contributed by atoms with Gasteiger partial charge in [0, 0.05) is 56.3 Å². The third-order valence-electron chi connectivity index (χ3n) is 6.25. The molecule has 2 fully saturated rings. The molecule has 178 valence electrons. The van der Waals surface area contributed by atoms with Gasteiger partial charge in [0.15, 0.2) is 0 Å². The molecule has 1 aromatic heterocycles. The zero-order chi connectivity index (χ0) is 23.5. The van der Waals surface area contributed by atoms with Crippen LogP contribution in [0.5, 0.6) is 0 Å². The number of hydrogen-bond acceptors (Lipinski definition) is 3. The van der Waals surface area contributed by atoms with Crippen molar-refractivity contribution in [3.63, 3.8) is 0 Å². The summed E-state index contributed by atoms with van der Waals surface area (Å²) in [5, 5.41) is 0.591. The van der Waals surface area contributed by atoms with E-state index in [1.165, 1.54) is 6.07 Å². The molecule has 1 aliphatic heterocycles. The Labute approximate surface area is 190 Å². The second-order valence-corrected chi connectivity index (χ2v) is 9.45. The van der Waals surface area contributed by atoms with Crippen LogP contribution >= 0.6 is 0 Å².